The number of benzene rings is 1. The molecular formula is C15H11ClFN3O2S. The zero-order chi connectivity index (χ0) is 16.6. The van der Waals surface area contributed by atoms with Gasteiger partial charge in [0.25, 0.3) is 0 Å². The number of aliphatic carboxylic acids is 1. The minimum atomic E-state index is -1.01. The van der Waals surface area contributed by atoms with Crippen LogP contribution in [0.2, 0.25) is 5.28 Å². The second-order valence-electron chi connectivity index (χ2n) is 4.81. The van der Waals surface area contributed by atoms with E-state index in [4.69, 9.17) is 16.7 Å². The zero-order valence-corrected chi connectivity index (χ0v) is 13.5. The zero-order valence-electron chi connectivity index (χ0n) is 11.9. The van der Waals surface area contributed by atoms with Gasteiger partial charge in [-0.25, -0.2) is 14.4 Å². The molecule has 2 aromatic heterocycles. The molecule has 0 saturated carbocycles. The van der Waals surface area contributed by atoms with Crippen LogP contribution in [-0.4, -0.2) is 27.6 Å². The molecule has 3 aromatic rings. The van der Waals surface area contributed by atoms with E-state index in [-0.39, 0.29) is 17.6 Å². The quantitative estimate of drug-likeness (QED) is 0.696. The van der Waals surface area contributed by atoms with E-state index in [1.807, 2.05) is 6.92 Å². The van der Waals surface area contributed by atoms with Crippen LogP contribution >= 0.6 is 22.9 Å². The number of carbonyl (C=O) groups is 1. The summed E-state index contributed by atoms with van der Waals surface area (Å²) >= 11 is 7.34. The normalized spacial score (nSPS) is 10.9. The van der Waals surface area contributed by atoms with Crippen molar-refractivity contribution in [2.24, 2.45) is 0 Å². The van der Waals surface area contributed by atoms with Gasteiger partial charge in [0.05, 0.1) is 5.39 Å². The van der Waals surface area contributed by atoms with Crippen molar-refractivity contribution in [2.75, 3.05) is 11.9 Å². The van der Waals surface area contributed by atoms with Crippen LogP contribution in [0.5, 0.6) is 0 Å². The first-order valence-electron chi connectivity index (χ1n) is 6.64. The molecule has 0 unspecified atom stereocenters. The van der Waals surface area contributed by atoms with Crippen LogP contribution in [0.4, 0.5) is 10.2 Å². The van der Waals surface area contributed by atoms with Crippen molar-refractivity contribution in [1.29, 1.82) is 0 Å². The van der Waals surface area contributed by atoms with Crippen molar-refractivity contribution in [3.05, 3.63) is 40.2 Å². The summed E-state index contributed by atoms with van der Waals surface area (Å²) < 4.78 is 13.2. The third kappa shape index (κ3) is 3.11. The van der Waals surface area contributed by atoms with Crippen molar-refractivity contribution in [3.8, 4) is 11.1 Å². The van der Waals surface area contributed by atoms with Gasteiger partial charge in [-0.3, -0.25) is 4.79 Å². The molecule has 5 nitrogen and oxygen atoms in total. The Bertz CT molecular complexity index is 896. The summed E-state index contributed by atoms with van der Waals surface area (Å²) in [5.74, 6) is -0.983. The number of anilines is 1. The van der Waals surface area contributed by atoms with Gasteiger partial charge in [-0.15, -0.1) is 11.3 Å². The summed E-state index contributed by atoms with van der Waals surface area (Å²) in [7, 11) is 0. The Hall–Kier alpha value is -2.25. The smallest absolute Gasteiger partial charge is 0.322 e. The SMILES string of the molecule is Cc1sc2nc(Cl)nc(NCC(=O)O)c2c1-c1ccc(F)cc1. The third-order valence-electron chi connectivity index (χ3n) is 3.24. The van der Waals surface area contributed by atoms with Crippen molar-refractivity contribution < 1.29 is 14.3 Å². The van der Waals surface area contributed by atoms with Gasteiger partial charge in [-0.05, 0) is 36.2 Å². The van der Waals surface area contributed by atoms with Crippen LogP contribution in [-0.2, 0) is 4.79 Å². The number of aryl methyl sites for hydroxylation is 1. The molecule has 2 N–H and O–H groups in total. The summed E-state index contributed by atoms with van der Waals surface area (Å²) in [5.41, 5.74) is 1.65. The van der Waals surface area contributed by atoms with Crippen LogP contribution in [0.3, 0.4) is 0 Å². The Morgan fingerprint density at radius 3 is 2.70 bits per heavy atom. The number of aromatic nitrogens is 2. The van der Waals surface area contributed by atoms with Crippen molar-refractivity contribution in [1.82, 2.24) is 9.97 Å². The summed E-state index contributed by atoms with van der Waals surface area (Å²) in [6.07, 6.45) is 0. The highest BCUT2D eigenvalue weighted by molar-refractivity contribution is 7.19. The predicted octanol–water partition coefficient (Wildman–Crippen LogP) is 3.96. The summed E-state index contributed by atoms with van der Waals surface area (Å²) in [6, 6.07) is 6.08. The molecule has 23 heavy (non-hydrogen) atoms. The molecule has 8 heteroatoms. The average Bonchev–Trinajstić information content (AvgIpc) is 2.81. The monoisotopic (exact) mass is 351 g/mol. The highest BCUT2D eigenvalue weighted by Gasteiger charge is 2.18. The van der Waals surface area contributed by atoms with E-state index < -0.39 is 5.97 Å². The van der Waals surface area contributed by atoms with Gasteiger partial charge in [-0.2, -0.15) is 0 Å². The molecule has 0 amide bonds. The van der Waals surface area contributed by atoms with Crippen molar-refractivity contribution in [3.63, 3.8) is 0 Å². The summed E-state index contributed by atoms with van der Waals surface area (Å²) in [6.45, 7) is 1.63. The molecule has 0 fully saturated rings. The van der Waals surface area contributed by atoms with Gasteiger partial charge in [0, 0.05) is 10.4 Å². The highest BCUT2D eigenvalue weighted by Crippen LogP contribution is 2.41. The van der Waals surface area contributed by atoms with Crippen LogP contribution in [0, 0.1) is 12.7 Å². The molecular weight excluding hydrogens is 341 g/mol. The molecule has 0 aliphatic heterocycles. The van der Waals surface area contributed by atoms with Crippen molar-refractivity contribution in [2.45, 2.75) is 6.92 Å². The first kappa shape index (κ1) is 15.6. The number of fused-ring (bicyclic) bond motifs is 1. The van der Waals surface area contributed by atoms with E-state index >= 15 is 0 Å². The lowest BCUT2D eigenvalue weighted by Gasteiger charge is -2.08. The van der Waals surface area contributed by atoms with E-state index in [1.54, 1.807) is 12.1 Å². The summed E-state index contributed by atoms with van der Waals surface area (Å²) in [4.78, 5) is 20.7. The maximum atomic E-state index is 13.2. The Morgan fingerprint density at radius 1 is 1.35 bits per heavy atom. The number of nitrogens with one attached hydrogen (secondary N) is 1. The molecule has 1 aromatic carbocycles. The van der Waals surface area contributed by atoms with Crippen LogP contribution < -0.4 is 5.32 Å². The van der Waals surface area contributed by atoms with Gasteiger partial charge in [0.1, 0.15) is 23.0 Å². The largest absolute Gasteiger partial charge is 0.480 e. The summed E-state index contributed by atoms with van der Waals surface area (Å²) in [5, 5.41) is 12.3. The molecule has 118 valence electrons. The Kier molecular flexibility index (Phi) is 4.14. The molecule has 2 heterocycles. The van der Waals surface area contributed by atoms with Crippen LogP contribution in [0.25, 0.3) is 21.3 Å². The lowest BCUT2D eigenvalue weighted by molar-refractivity contribution is -0.134. The van der Waals surface area contributed by atoms with Gasteiger partial charge in [0.2, 0.25) is 5.28 Å². The number of nitrogens with zero attached hydrogens (tertiary/aromatic N) is 2. The number of rotatable bonds is 4. The predicted molar refractivity (Wildman–Crippen MR) is 88.7 cm³/mol. The molecule has 3 rings (SSSR count). The van der Waals surface area contributed by atoms with Gasteiger partial charge < -0.3 is 10.4 Å². The fourth-order valence-electron chi connectivity index (χ4n) is 2.34. The molecule has 0 aliphatic rings. The van der Waals surface area contributed by atoms with Gasteiger partial charge >= 0.3 is 5.97 Å². The fourth-order valence-corrected chi connectivity index (χ4v) is 3.60. The number of carboxylic acids is 1. The fraction of sp³-hybridized carbons (Fsp3) is 0.133. The average molecular weight is 352 g/mol. The molecule has 0 bridgehead atoms. The standard InChI is InChI=1S/C15H11ClFN3O2S/c1-7-11(8-2-4-9(17)5-3-8)12-13(18-6-10(21)22)19-15(16)20-14(12)23-7/h2-5H,6H2,1H3,(H,21,22)(H,18,19,20). The van der Waals surface area contributed by atoms with E-state index in [1.165, 1.54) is 23.5 Å². The maximum absolute atomic E-state index is 13.2. The molecule has 0 aliphatic carbocycles. The second-order valence-corrected chi connectivity index (χ2v) is 6.35. The number of hydrogen-bond donors (Lipinski definition) is 2. The second kappa shape index (κ2) is 6.10. The minimum absolute atomic E-state index is 0.0392. The lowest BCUT2D eigenvalue weighted by atomic mass is 10.0. The number of hydrogen-bond acceptors (Lipinski definition) is 5. The first-order chi connectivity index (χ1) is 11.0. The van der Waals surface area contributed by atoms with Crippen molar-refractivity contribution >= 4 is 44.9 Å². The van der Waals surface area contributed by atoms with E-state index in [0.717, 1.165) is 16.0 Å². The van der Waals surface area contributed by atoms with E-state index in [0.29, 0.717) is 16.0 Å². The van der Waals surface area contributed by atoms with Crippen LogP contribution in [0.1, 0.15) is 4.88 Å². The van der Waals surface area contributed by atoms with Gasteiger partial charge in [-0.1, -0.05) is 12.1 Å². The molecule has 0 atom stereocenters. The Labute approximate surface area is 139 Å². The molecule has 0 radical (unpaired) electrons. The third-order valence-corrected chi connectivity index (χ3v) is 4.41. The van der Waals surface area contributed by atoms with E-state index in [9.17, 15) is 9.18 Å². The Morgan fingerprint density at radius 2 is 2.04 bits per heavy atom. The molecule has 0 spiro atoms. The minimum Gasteiger partial charge on any atom is -0.480 e. The van der Waals surface area contributed by atoms with E-state index in [2.05, 4.69) is 15.3 Å². The highest BCUT2D eigenvalue weighted by atomic mass is 35.5. The van der Waals surface area contributed by atoms with Gasteiger partial charge in [0.15, 0.2) is 0 Å². The first-order valence-corrected chi connectivity index (χ1v) is 7.83. The Balaban J connectivity index is 2.22. The maximum Gasteiger partial charge on any atom is 0.322 e. The number of halogens is 2. The molecule has 0 saturated heterocycles. The lowest BCUT2D eigenvalue weighted by Crippen LogP contribution is -2.13. The topological polar surface area (TPSA) is 75.1 Å². The number of thiophene rings is 1. The van der Waals surface area contributed by atoms with Crippen LogP contribution in [0.15, 0.2) is 24.3 Å². The number of carboxylic acid groups (broad SMARTS) is 1.